The Hall–Kier alpha value is -2.54. The smallest absolute Gasteiger partial charge is 0.337 e. The van der Waals surface area contributed by atoms with Gasteiger partial charge in [-0.25, -0.2) is 13.2 Å². The number of carbonyl (C=O) groups is 1. The van der Waals surface area contributed by atoms with E-state index in [2.05, 4.69) is 11.6 Å². The third-order valence-corrected chi connectivity index (χ3v) is 5.82. The Balaban J connectivity index is 2.11. The number of aromatic hydroxyl groups is 1. The van der Waals surface area contributed by atoms with Gasteiger partial charge in [0, 0.05) is 0 Å². The molecule has 0 aliphatic heterocycles. The SMILES string of the molecule is CCCCCCCCS(=O)(=O)Nc1ccc(-c2cccc(O)c2)cc1C(=O)O. The molecule has 6 nitrogen and oxygen atoms in total. The Morgan fingerprint density at radius 1 is 0.964 bits per heavy atom. The summed E-state index contributed by atoms with van der Waals surface area (Å²) >= 11 is 0. The average molecular weight is 406 g/mol. The molecule has 0 atom stereocenters. The molecule has 0 saturated heterocycles. The van der Waals surface area contributed by atoms with Crippen LogP contribution in [0.15, 0.2) is 42.5 Å². The predicted molar refractivity (Wildman–Crippen MR) is 111 cm³/mol. The Kier molecular flexibility index (Phi) is 7.87. The van der Waals surface area contributed by atoms with E-state index in [1.165, 1.54) is 24.3 Å². The number of aromatic carboxylic acids is 1. The number of phenols is 1. The number of hydrogen-bond donors (Lipinski definition) is 3. The maximum Gasteiger partial charge on any atom is 0.337 e. The van der Waals surface area contributed by atoms with Crippen LogP contribution in [0.2, 0.25) is 0 Å². The standard InChI is InChI=1S/C21H27NO5S/c1-2-3-4-5-6-7-13-28(26,27)22-20-12-11-17(15-19(20)21(24)25)16-9-8-10-18(23)14-16/h8-12,14-15,22-23H,2-7,13H2,1H3,(H,24,25). The minimum absolute atomic E-state index is 0.0352. The van der Waals surface area contributed by atoms with E-state index in [-0.39, 0.29) is 22.8 Å². The lowest BCUT2D eigenvalue weighted by molar-refractivity contribution is 0.0698. The fraction of sp³-hybridized carbons (Fsp3) is 0.381. The second-order valence-electron chi connectivity index (χ2n) is 6.80. The van der Waals surface area contributed by atoms with Crippen molar-refractivity contribution in [2.75, 3.05) is 10.5 Å². The number of anilines is 1. The van der Waals surface area contributed by atoms with Gasteiger partial charge in [-0.1, -0.05) is 57.2 Å². The number of sulfonamides is 1. The highest BCUT2D eigenvalue weighted by Gasteiger charge is 2.17. The van der Waals surface area contributed by atoms with E-state index in [0.717, 1.165) is 32.1 Å². The van der Waals surface area contributed by atoms with E-state index in [4.69, 9.17) is 0 Å². The number of hydrogen-bond acceptors (Lipinski definition) is 4. The van der Waals surface area contributed by atoms with Crippen molar-refractivity contribution in [1.29, 1.82) is 0 Å². The van der Waals surface area contributed by atoms with Gasteiger partial charge in [-0.05, 0) is 41.8 Å². The Morgan fingerprint density at radius 3 is 2.32 bits per heavy atom. The first kappa shape index (κ1) is 21.8. The van der Waals surface area contributed by atoms with Crippen molar-refractivity contribution in [3.63, 3.8) is 0 Å². The lowest BCUT2D eigenvalue weighted by Crippen LogP contribution is -2.18. The minimum atomic E-state index is -3.62. The zero-order valence-corrected chi connectivity index (χ0v) is 16.8. The van der Waals surface area contributed by atoms with Gasteiger partial charge in [-0.15, -0.1) is 0 Å². The molecule has 0 amide bonds. The number of phenolic OH excluding ortho intramolecular Hbond substituents is 1. The summed E-state index contributed by atoms with van der Waals surface area (Å²) in [5.41, 5.74) is 1.13. The summed E-state index contributed by atoms with van der Waals surface area (Å²) in [6.45, 7) is 2.13. The molecule has 0 saturated carbocycles. The van der Waals surface area contributed by atoms with Crippen LogP contribution in [0.3, 0.4) is 0 Å². The van der Waals surface area contributed by atoms with Crippen molar-refractivity contribution < 1.29 is 23.4 Å². The normalized spacial score (nSPS) is 11.3. The first-order chi connectivity index (χ1) is 13.3. The second-order valence-corrected chi connectivity index (χ2v) is 8.65. The van der Waals surface area contributed by atoms with Gasteiger partial charge in [-0.2, -0.15) is 0 Å². The summed E-state index contributed by atoms with van der Waals surface area (Å²) in [4.78, 5) is 11.6. The van der Waals surface area contributed by atoms with Crippen LogP contribution in [-0.2, 0) is 10.0 Å². The quantitative estimate of drug-likeness (QED) is 0.463. The Morgan fingerprint density at radius 2 is 1.64 bits per heavy atom. The van der Waals surface area contributed by atoms with Gasteiger partial charge in [-0.3, -0.25) is 4.72 Å². The molecule has 0 aromatic heterocycles. The van der Waals surface area contributed by atoms with E-state index in [1.807, 2.05) is 0 Å². The van der Waals surface area contributed by atoms with Crippen LogP contribution in [0.4, 0.5) is 5.69 Å². The maximum absolute atomic E-state index is 12.3. The number of carboxylic acids is 1. The molecule has 3 N–H and O–H groups in total. The molecule has 0 aliphatic carbocycles. The fourth-order valence-corrected chi connectivity index (χ4v) is 4.17. The Labute approximate surface area is 166 Å². The third kappa shape index (κ3) is 6.56. The van der Waals surface area contributed by atoms with Crippen molar-refractivity contribution in [3.05, 3.63) is 48.0 Å². The van der Waals surface area contributed by atoms with Gasteiger partial charge >= 0.3 is 5.97 Å². The van der Waals surface area contributed by atoms with E-state index >= 15 is 0 Å². The molecule has 0 bridgehead atoms. The van der Waals surface area contributed by atoms with Crippen LogP contribution in [0.1, 0.15) is 55.8 Å². The van der Waals surface area contributed by atoms with E-state index < -0.39 is 16.0 Å². The highest BCUT2D eigenvalue weighted by Crippen LogP contribution is 2.28. The van der Waals surface area contributed by atoms with Crippen LogP contribution in [0.25, 0.3) is 11.1 Å². The van der Waals surface area contributed by atoms with E-state index in [9.17, 15) is 23.4 Å². The molecule has 0 heterocycles. The second kappa shape index (κ2) is 10.1. The molecule has 7 heteroatoms. The Bertz CT molecular complexity index is 909. The highest BCUT2D eigenvalue weighted by molar-refractivity contribution is 7.92. The number of rotatable bonds is 11. The number of unbranched alkanes of at least 4 members (excludes halogenated alkanes) is 5. The van der Waals surface area contributed by atoms with Gasteiger partial charge < -0.3 is 10.2 Å². The summed E-state index contributed by atoms with van der Waals surface area (Å²) in [5.74, 6) is -1.19. The molecular weight excluding hydrogens is 378 g/mol. The molecule has 0 fully saturated rings. The molecule has 28 heavy (non-hydrogen) atoms. The molecule has 0 spiro atoms. The van der Waals surface area contributed by atoms with Crippen LogP contribution in [0.5, 0.6) is 5.75 Å². The topological polar surface area (TPSA) is 104 Å². The van der Waals surface area contributed by atoms with Crippen molar-refractivity contribution in [1.82, 2.24) is 0 Å². The largest absolute Gasteiger partial charge is 0.508 e. The van der Waals surface area contributed by atoms with E-state index in [0.29, 0.717) is 17.5 Å². The predicted octanol–water partition coefficient (Wildman–Crippen LogP) is 4.86. The zero-order chi connectivity index (χ0) is 20.6. The molecular formula is C21H27NO5S. The summed E-state index contributed by atoms with van der Waals surface area (Å²) in [7, 11) is -3.62. The van der Waals surface area contributed by atoms with Crippen LogP contribution in [-0.4, -0.2) is 30.4 Å². The number of benzene rings is 2. The first-order valence-electron chi connectivity index (χ1n) is 9.49. The summed E-state index contributed by atoms with van der Waals surface area (Å²) < 4.78 is 27.1. The van der Waals surface area contributed by atoms with Crippen LogP contribution in [0, 0.1) is 0 Å². The minimum Gasteiger partial charge on any atom is -0.508 e. The first-order valence-corrected chi connectivity index (χ1v) is 11.1. The average Bonchev–Trinajstić information content (AvgIpc) is 2.64. The molecule has 2 aromatic rings. The van der Waals surface area contributed by atoms with Crippen LogP contribution < -0.4 is 4.72 Å². The van der Waals surface area contributed by atoms with Gasteiger partial charge in [0.25, 0.3) is 0 Å². The monoisotopic (exact) mass is 405 g/mol. The van der Waals surface area contributed by atoms with Crippen molar-refractivity contribution in [3.8, 4) is 16.9 Å². The van der Waals surface area contributed by atoms with Gasteiger partial charge in [0.15, 0.2) is 0 Å². The maximum atomic E-state index is 12.3. The lowest BCUT2D eigenvalue weighted by atomic mass is 10.0. The fourth-order valence-electron chi connectivity index (χ4n) is 2.97. The number of nitrogens with one attached hydrogen (secondary N) is 1. The van der Waals surface area contributed by atoms with Crippen molar-refractivity contribution in [2.24, 2.45) is 0 Å². The van der Waals surface area contributed by atoms with Gasteiger partial charge in [0.05, 0.1) is 17.0 Å². The summed E-state index contributed by atoms with van der Waals surface area (Å²) in [6.07, 6.45) is 5.77. The van der Waals surface area contributed by atoms with E-state index in [1.54, 1.807) is 18.2 Å². The molecule has 2 rings (SSSR count). The van der Waals surface area contributed by atoms with Crippen molar-refractivity contribution in [2.45, 2.75) is 45.4 Å². The van der Waals surface area contributed by atoms with Gasteiger partial charge in [0.2, 0.25) is 10.0 Å². The van der Waals surface area contributed by atoms with Gasteiger partial charge in [0.1, 0.15) is 5.75 Å². The zero-order valence-electron chi connectivity index (χ0n) is 16.0. The van der Waals surface area contributed by atoms with Crippen LogP contribution >= 0.6 is 0 Å². The van der Waals surface area contributed by atoms with Crippen molar-refractivity contribution >= 4 is 21.7 Å². The molecule has 0 unspecified atom stereocenters. The summed E-state index contributed by atoms with van der Waals surface area (Å²) in [6, 6.07) is 10.9. The molecule has 0 radical (unpaired) electrons. The lowest BCUT2D eigenvalue weighted by Gasteiger charge is -2.12. The molecule has 2 aromatic carbocycles. The third-order valence-electron chi connectivity index (χ3n) is 4.46. The molecule has 152 valence electrons. The highest BCUT2D eigenvalue weighted by atomic mass is 32.2. The number of carboxylic acid groups (broad SMARTS) is 1. The molecule has 0 aliphatic rings. The summed E-state index contributed by atoms with van der Waals surface area (Å²) in [5, 5.41) is 19.1.